The van der Waals surface area contributed by atoms with Gasteiger partial charge in [-0.3, -0.25) is 14.3 Å². The average molecular weight is 423 g/mol. The third-order valence-corrected chi connectivity index (χ3v) is 5.50. The summed E-state index contributed by atoms with van der Waals surface area (Å²) in [7, 11) is 1.78. The van der Waals surface area contributed by atoms with Gasteiger partial charge in [-0.25, -0.2) is 0 Å². The molecule has 8 heteroatoms. The summed E-state index contributed by atoms with van der Waals surface area (Å²) in [5.41, 5.74) is 2.03. The number of carbonyl (C=O) groups is 1. The molecule has 4 aromatic rings. The van der Waals surface area contributed by atoms with Crippen LogP contribution in [0.5, 0.6) is 11.5 Å². The Morgan fingerprint density at radius 1 is 1.23 bits per heavy atom. The van der Waals surface area contributed by atoms with Crippen molar-refractivity contribution < 1.29 is 19.1 Å². The molecule has 2 aromatic carbocycles. The molecule has 150 valence electrons. The second-order valence-corrected chi connectivity index (χ2v) is 7.61. The number of ether oxygens (including phenoxy) is 1. The Labute approximate surface area is 175 Å². The van der Waals surface area contributed by atoms with Gasteiger partial charge in [-0.15, -0.1) is 0 Å². The summed E-state index contributed by atoms with van der Waals surface area (Å²) in [6.45, 7) is 0. The zero-order chi connectivity index (χ0) is 21.0. The third kappa shape index (κ3) is 2.86. The van der Waals surface area contributed by atoms with Crippen LogP contribution in [0.4, 0.5) is 0 Å². The van der Waals surface area contributed by atoms with Gasteiger partial charge < -0.3 is 14.3 Å². The predicted octanol–water partition coefficient (Wildman–Crippen LogP) is 3.99. The van der Waals surface area contributed by atoms with Gasteiger partial charge in [0.25, 0.3) is 0 Å². The number of halogens is 1. The van der Waals surface area contributed by atoms with Crippen LogP contribution in [-0.2, 0) is 11.8 Å². The molecule has 2 aromatic heterocycles. The highest BCUT2D eigenvalue weighted by molar-refractivity contribution is 6.30. The largest absolute Gasteiger partial charge is 0.507 e. The summed E-state index contributed by atoms with van der Waals surface area (Å²) in [5.74, 6) is -0.988. The summed E-state index contributed by atoms with van der Waals surface area (Å²) in [4.78, 5) is 25.4. The maximum Gasteiger partial charge on any atom is 0.312 e. The zero-order valence-electron chi connectivity index (χ0n) is 15.8. The molecule has 3 heterocycles. The van der Waals surface area contributed by atoms with E-state index in [4.69, 9.17) is 20.8 Å². The molecule has 0 saturated carbocycles. The normalized spacial score (nSPS) is 15.8. The highest BCUT2D eigenvalue weighted by Gasteiger charge is 2.34. The summed E-state index contributed by atoms with van der Waals surface area (Å²) in [6, 6.07) is 8.04. The molecule has 1 N–H and O–H groups in total. The first-order valence-electron chi connectivity index (χ1n) is 9.19. The smallest absolute Gasteiger partial charge is 0.312 e. The predicted molar refractivity (Wildman–Crippen MR) is 110 cm³/mol. The van der Waals surface area contributed by atoms with Crippen LogP contribution in [0.3, 0.4) is 0 Å². The minimum atomic E-state index is -0.435. The summed E-state index contributed by atoms with van der Waals surface area (Å²) in [6.07, 6.45) is 4.88. The number of carbonyl (C=O) groups excluding carboxylic acids is 1. The van der Waals surface area contributed by atoms with Crippen molar-refractivity contribution in [2.45, 2.75) is 12.3 Å². The van der Waals surface area contributed by atoms with Crippen LogP contribution in [-0.4, -0.2) is 20.9 Å². The Balaban J connectivity index is 1.78. The number of aromatic hydroxyl groups is 1. The molecule has 1 aliphatic heterocycles. The van der Waals surface area contributed by atoms with E-state index >= 15 is 0 Å². The summed E-state index contributed by atoms with van der Waals surface area (Å²) < 4.78 is 12.8. The van der Waals surface area contributed by atoms with Crippen LogP contribution in [0.1, 0.15) is 23.5 Å². The van der Waals surface area contributed by atoms with Gasteiger partial charge in [-0.2, -0.15) is 5.10 Å². The second-order valence-electron chi connectivity index (χ2n) is 7.18. The fourth-order valence-corrected chi connectivity index (χ4v) is 3.99. The molecular weight excluding hydrogens is 408 g/mol. The number of hydrogen-bond acceptors (Lipinski definition) is 6. The van der Waals surface area contributed by atoms with Crippen molar-refractivity contribution in [1.82, 2.24) is 9.78 Å². The number of benzene rings is 2. The number of aryl methyl sites for hydroxylation is 1. The number of aromatic nitrogens is 2. The minimum Gasteiger partial charge on any atom is -0.507 e. The topological polar surface area (TPSA) is 94.6 Å². The molecule has 30 heavy (non-hydrogen) atoms. The zero-order valence-corrected chi connectivity index (χ0v) is 16.5. The molecule has 0 bridgehead atoms. The lowest BCUT2D eigenvalue weighted by atomic mass is 9.86. The lowest BCUT2D eigenvalue weighted by molar-refractivity contribution is -0.135. The number of rotatable bonds is 2. The fourth-order valence-electron chi connectivity index (χ4n) is 3.87. The van der Waals surface area contributed by atoms with Crippen molar-refractivity contribution in [3.8, 4) is 22.6 Å². The maximum atomic E-state index is 13.3. The van der Waals surface area contributed by atoms with E-state index in [0.717, 1.165) is 5.56 Å². The van der Waals surface area contributed by atoms with Crippen LogP contribution in [0.2, 0.25) is 5.02 Å². The van der Waals surface area contributed by atoms with Crippen LogP contribution in [0.25, 0.3) is 22.1 Å². The Morgan fingerprint density at radius 2 is 2.00 bits per heavy atom. The van der Waals surface area contributed by atoms with E-state index in [-0.39, 0.29) is 34.3 Å². The highest BCUT2D eigenvalue weighted by atomic mass is 35.5. The van der Waals surface area contributed by atoms with Crippen molar-refractivity contribution >= 4 is 28.5 Å². The molecule has 1 atom stereocenters. The monoisotopic (exact) mass is 422 g/mol. The molecule has 0 spiro atoms. The van der Waals surface area contributed by atoms with Crippen molar-refractivity contribution in [1.29, 1.82) is 0 Å². The fraction of sp³-hybridized carbons (Fsp3) is 0.136. The van der Waals surface area contributed by atoms with Gasteiger partial charge >= 0.3 is 5.97 Å². The van der Waals surface area contributed by atoms with Crippen LogP contribution < -0.4 is 10.2 Å². The van der Waals surface area contributed by atoms with Crippen LogP contribution in [0, 0.1) is 0 Å². The van der Waals surface area contributed by atoms with Crippen LogP contribution in [0.15, 0.2) is 58.2 Å². The Kier molecular flexibility index (Phi) is 4.15. The highest BCUT2D eigenvalue weighted by Crippen LogP contribution is 2.45. The number of phenols is 1. The van der Waals surface area contributed by atoms with E-state index in [0.29, 0.717) is 21.7 Å². The van der Waals surface area contributed by atoms with Crippen molar-refractivity contribution in [3.63, 3.8) is 0 Å². The van der Waals surface area contributed by atoms with Crippen LogP contribution >= 0.6 is 11.6 Å². The quantitative estimate of drug-likeness (QED) is 0.387. The number of fused-ring (bicyclic) bond motifs is 3. The van der Waals surface area contributed by atoms with Crippen molar-refractivity contribution in [2.75, 3.05) is 0 Å². The standard InChI is InChI=1S/C22H15ClN2O5/c1-25-9-12(8-24-25)14-6-18(27)30-17-7-16(26)20-21(28)15(10-29-22(20)19(14)17)11-2-4-13(23)5-3-11/h2-5,7-10,14,26H,6H2,1H3. The number of nitrogens with zero attached hydrogens (tertiary/aromatic N) is 2. The Bertz CT molecular complexity index is 1370. The Hall–Kier alpha value is -3.58. The molecule has 0 fully saturated rings. The van der Waals surface area contributed by atoms with Gasteiger partial charge in [-0.05, 0) is 23.3 Å². The lowest BCUT2D eigenvalue weighted by Gasteiger charge is -2.24. The average Bonchev–Trinajstić information content (AvgIpc) is 3.14. The molecule has 1 aliphatic rings. The molecule has 0 amide bonds. The minimum absolute atomic E-state index is 0.0352. The SMILES string of the molecule is Cn1cc(C2CC(=O)Oc3cc(O)c4c(=O)c(-c5ccc(Cl)cc5)coc4c32)cn1. The van der Waals surface area contributed by atoms with Gasteiger partial charge in [0.15, 0.2) is 0 Å². The van der Waals surface area contributed by atoms with E-state index < -0.39 is 11.9 Å². The molecule has 1 unspecified atom stereocenters. The Morgan fingerprint density at radius 3 is 2.70 bits per heavy atom. The molecule has 0 radical (unpaired) electrons. The van der Waals surface area contributed by atoms with Crippen molar-refractivity contribution in [3.05, 3.63) is 75.4 Å². The summed E-state index contributed by atoms with van der Waals surface area (Å²) in [5, 5.41) is 15.3. The number of esters is 1. The van der Waals surface area contributed by atoms with E-state index in [1.165, 1.54) is 12.3 Å². The molecule has 5 rings (SSSR count). The van der Waals surface area contributed by atoms with Gasteiger partial charge in [0, 0.05) is 35.8 Å². The molecule has 7 nitrogen and oxygen atoms in total. The number of hydrogen-bond donors (Lipinski definition) is 1. The first kappa shape index (κ1) is 18.4. The summed E-state index contributed by atoms with van der Waals surface area (Å²) >= 11 is 5.94. The maximum absolute atomic E-state index is 13.3. The van der Waals surface area contributed by atoms with Gasteiger partial charge in [-0.1, -0.05) is 23.7 Å². The first-order valence-corrected chi connectivity index (χ1v) is 9.56. The van der Waals surface area contributed by atoms with Gasteiger partial charge in [0.05, 0.1) is 18.2 Å². The van der Waals surface area contributed by atoms with E-state index in [1.807, 2.05) is 0 Å². The van der Waals surface area contributed by atoms with Gasteiger partial charge in [0.1, 0.15) is 28.7 Å². The first-order chi connectivity index (χ1) is 14.4. The van der Waals surface area contributed by atoms with Gasteiger partial charge in [0.2, 0.25) is 5.43 Å². The molecule has 0 aliphatic carbocycles. The van der Waals surface area contributed by atoms with E-state index in [1.54, 1.807) is 48.4 Å². The third-order valence-electron chi connectivity index (χ3n) is 5.25. The molecule has 0 saturated heterocycles. The number of phenolic OH excluding ortho intramolecular Hbond substituents is 1. The van der Waals surface area contributed by atoms with E-state index in [2.05, 4.69) is 5.10 Å². The molecular formula is C22H15ClN2O5. The lowest BCUT2D eigenvalue weighted by Crippen LogP contribution is -2.22. The second kappa shape index (κ2) is 6.74. The van der Waals surface area contributed by atoms with Crippen molar-refractivity contribution in [2.24, 2.45) is 7.05 Å². The van der Waals surface area contributed by atoms with E-state index in [9.17, 15) is 14.7 Å².